The molecule has 0 heterocycles. The lowest BCUT2D eigenvalue weighted by Gasteiger charge is -2.16. The molecule has 2 aromatic carbocycles. The van der Waals surface area contributed by atoms with Crippen LogP contribution in [0.15, 0.2) is 43.0 Å². The van der Waals surface area contributed by atoms with E-state index in [1.165, 1.54) is 11.1 Å². The predicted octanol–water partition coefficient (Wildman–Crippen LogP) is 5.48. The Morgan fingerprint density at radius 3 is 2.67 bits per heavy atom. The number of ether oxygens (including phenoxy) is 2. The molecule has 0 aliphatic rings. The summed E-state index contributed by atoms with van der Waals surface area (Å²) in [5.41, 5.74) is 4.82. The van der Waals surface area contributed by atoms with Gasteiger partial charge in [0.25, 0.3) is 0 Å². The van der Waals surface area contributed by atoms with E-state index in [0.717, 1.165) is 32.9 Å². The Morgan fingerprint density at radius 1 is 1.17 bits per heavy atom. The largest absolute Gasteiger partial charge is 0.490 e. The molecule has 0 saturated carbocycles. The summed E-state index contributed by atoms with van der Waals surface area (Å²) >= 11 is 2.29. The van der Waals surface area contributed by atoms with Gasteiger partial charge in [0.2, 0.25) is 0 Å². The van der Waals surface area contributed by atoms with Crippen molar-refractivity contribution in [1.29, 1.82) is 0 Å². The molecule has 2 aromatic rings. The van der Waals surface area contributed by atoms with Crippen LogP contribution in [-0.4, -0.2) is 13.2 Å². The zero-order valence-electron chi connectivity index (χ0n) is 14.5. The lowest BCUT2D eigenvalue weighted by Crippen LogP contribution is -2.05. The van der Waals surface area contributed by atoms with Gasteiger partial charge in [-0.15, -0.1) is 0 Å². The molecule has 1 N–H and O–H groups in total. The van der Waals surface area contributed by atoms with Gasteiger partial charge in [-0.05, 0) is 78.3 Å². The summed E-state index contributed by atoms with van der Waals surface area (Å²) in [7, 11) is 0. The number of anilines is 1. The van der Waals surface area contributed by atoms with Gasteiger partial charge in [-0.25, -0.2) is 0 Å². The molecule has 0 amide bonds. The molecule has 0 bridgehead atoms. The first-order valence-corrected chi connectivity index (χ1v) is 9.13. The van der Waals surface area contributed by atoms with E-state index in [9.17, 15) is 0 Å². The monoisotopic (exact) mass is 437 g/mol. The first kappa shape index (κ1) is 18.6. The van der Waals surface area contributed by atoms with E-state index in [1.807, 2.05) is 13.0 Å². The van der Waals surface area contributed by atoms with Crippen molar-refractivity contribution in [1.82, 2.24) is 0 Å². The molecule has 0 aliphatic carbocycles. The number of rotatable bonds is 8. The summed E-state index contributed by atoms with van der Waals surface area (Å²) in [5.74, 6) is 1.57. The van der Waals surface area contributed by atoms with Gasteiger partial charge >= 0.3 is 0 Å². The van der Waals surface area contributed by atoms with Crippen molar-refractivity contribution in [2.24, 2.45) is 0 Å². The number of halogens is 1. The predicted molar refractivity (Wildman–Crippen MR) is 109 cm³/mol. The Morgan fingerprint density at radius 2 is 1.96 bits per heavy atom. The van der Waals surface area contributed by atoms with Gasteiger partial charge in [0.1, 0.15) is 6.61 Å². The van der Waals surface area contributed by atoms with Crippen LogP contribution < -0.4 is 14.8 Å². The second kappa shape index (κ2) is 8.97. The van der Waals surface area contributed by atoms with Crippen molar-refractivity contribution in [3.8, 4) is 11.5 Å². The maximum absolute atomic E-state index is 5.76. The molecule has 0 atom stereocenters. The van der Waals surface area contributed by atoms with Crippen LogP contribution in [-0.2, 0) is 6.54 Å². The molecule has 4 heteroatoms. The van der Waals surface area contributed by atoms with Crippen LogP contribution in [0.25, 0.3) is 0 Å². The maximum atomic E-state index is 5.76. The molecule has 128 valence electrons. The molecule has 0 unspecified atom stereocenters. The first-order valence-electron chi connectivity index (χ1n) is 8.05. The maximum Gasteiger partial charge on any atom is 0.174 e. The van der Waals surface area contributed by atoms with Gasteiger partial charge in [-0.1, -0.05) is 24.8 Å². The lowest BCUT2D eigenvalue weighted by molar-refractivity contribution is 0.295. The van der Waals surface area contributed by atoms with Crippen LogP contribution >= 0.6 is 22.6 Å². The molecule has 0 saturated heterocycles. The fourth-order valence-corrected chi connectivity index (χ4v) is 3.21. The molecule has 0 radical (unpaired) electrons. The van der Waals surface area contributed by atoms with E-state index < -0.39 is 0 Å². The smallest absolute Gasteiger partial charge is 0.174 e. The highest BCUT2D eigenvalue weighted by Crippen LogP contribution is 2.34. The van der Waals surface area contributed by atoms with Crippen LogP contribution in [0.2, 0.25) is 0 Å². The van der Waals surface area contributed by atoms with E-state index in [2.05, 4.69) is 72.6 Å². The van der Waals surface area contributed by atoms with Crippen LogP contribution in [0.1, 0.15) is 23.6 Å². The highest BCUT2D eigenvalue weighted by atomic mass is 127. The van der Waals surface area contributed by atoms with Crippen molar-refractivity contribution < 1.29 is 9.47 Å². The molecule has 3 nitrogen and oxygen atoms in total. The third-order valence-electron chi connectivity index (χ3n) is 3.59. The van der Waals surface area contributed by atoms with Gasteiger partial charge in [0.05, 0.1) is 10.2 Å². The second-order valence-corrected chi connectivity index (χ2v) is 6.77. The molecule has 0 aliphatic heterocycles. The molecule has 24 heavy (non-hydrogen) atoms. The fourth-order valence-electron chi connectivity index (χ4n) is 2.39. The third kappa shape index (κ3) is 4.90. The van der Waals surface area contributed by atoms with E-state index in [0.29, 0.717) is 13.2 Å². The van der Waals surface area contributed by atoms with Gasteiger partial charge < -0.3 is 14.8 Å². The molecular formula is C20H24INO2. The fraction of sp³-hybridized carbons (Fsp3) is 0.300. The van der Waals surface area contributed by atoms with E-state index in [1.54, 1.807) is 6.08 Å². The Bertz CT molecular complexity index is 713. The van der Waals surface area contributed by atoms with Crippen molar-refractivity contribution in [2.75, 3.05) is 18.5 Å². The summed E-state index contributed by atoms with van der Waals surface area (Å²) < 4.78 is 12.5. The summed E-state index contributed by atoms with van der Waals surface area (Å²) in [6, 6.07) is 10.6. The molecule has 0 fully saturated rings. The molecule has 2 rings (SSSR count). The Hall–Kier alpha value is -1.69. The molecule has 0 spiro atoms. The number of benzene rings is 2. The van der Waals surface area contributed by atoms with E-state index in [4.69, 9.17) is 9.47 Å². The van der Waals surface area contributed by atoms with Gasteiger partial charge in [0.15, 0.2) is 11.5 Å². The van der Waals surface area contributed by atoms with Crippen molar-refractivity contribution in [3.63, 3.8) is 0 Å². The van der Waals surface area contributed by atoms with Crippen molar-refractivity contribution in [3.05, 3.63) is 63.2 Å². The summed E-state index contributed by atoms with van der Waals surface area (Å²) in [6.45, 7) is 11.7. The van der Waals surface area contributed by atoms with Crippen LogP contribution in [0, 0.1) is 17.4 Å². The minimum atomic E-state index is 0.468. The summed E-state index contributed by atoms with van der Waals surface area (Å²) in [4.78, 5) is 0. The van der Waals surface area contributed by atoms with Gasteiger partial charge in [-0.3, -0.25) is 0 Å². The summed E-state index contributed by atoms with van der Waals surface area (Å²) in [5, 5.41) is 3.51. The number of hydrogen-bond donors (Lipinski definition) is 1. The average molecular weight is 437 g/mol. The SMILES string of the molecule is C=CCOc1c(I)cc(CNc2cc(C)ccc2C)cc1OCC. The first-order chi connectivity index (χ1) is 11.5. The molecular weight excluding hydrogens is 413 g/mol. The molecule has 0 aromatic heterocycles. The van der Waals surface area contributed by atoms with Crippen LogP contribution in [0.5, 0.6) is 11.5 Å². The average Bonchev–Trinajstić information content (AvgIpc) is 2.55. The minimum absolute atomic E-state index is 0.468. The van der Waals surface area contributed by atoms with Crippen molar-refractivity contribution in [2.45, 2.75) is 27.3 Å². The second-order valence-electron chi connectivity index (χ2n) is 5.61. The van der Waals surface area contributed by atoms with Gasteiger partial charge in [-0.2, -0.15) is 0 Å². The lowest BCUT2D eigenvalue weighted by atomic mass is 10.1. The van der Waals surface area contributed by atoms with Gasteiger partial charge in [0, 0.05) is 12.2 Å². The Kier molecular flexibility index (Phi) is 6.97. The van der Waals surface area contributed by atoms with E-state index in [-0.39, 0.29) is 0 Å². The topological polar surface area (TPSA) is 30.5 Å². The highest BCUT2D eigenvalue weighted by Gasteiger charge is 2.12. The Labute approximate surface area is 158 Å². The Balaban J connectivity index is 2.20. The minimum Gasteiger partial charge on any atom is -0.490 e. The van der Waals surface area contributed by atoms with Crippen LogP contribution in [0.3, 0.4) is 0 Å². The number of aryl methyl sites for hydroxylation is 2. The van der Waals surface area contributed by atoms with Crippen molar-refractivity contribution >= 4 is 28.3 Å². The number of nitrogens with one attached hydrogen (secondary N) is 1. The zero-order valence-corrected chi connectivity index (χ0v) is 16.6. The van der Waals surface area contributed by atoms with E-state index >= 15 is 0 Å². The number of hydrogen-bond acceptors (Lipinski definition) is 3. The third-order valence-corrected chi connectivity index (χ3v) is 4.39. The quantitative estimate of drug-likeness (QED) is 0.438. The summed E-state index contributed by atoms with van der Waals surface area (Å²) in [6.07, 6.45) is 1.74. The highest BCUT2D eigenvalue weighted by molar-refractivity contribution is 14.1. The van der Waals surface area contributed by atoms with Crippen LogP contribution in [0.4, 0.5) is 5.69 Å². The normalized spacial score (nSPS) is 10.3. The standard InChI is InChI=1S/C20H24INO2/c1-5-9-24-20-17(21)11-16(12-19(20)23-6-2)13-22-18-10-14(3)7-8-15(18)4/h5,7-8,10-12,22H,1,6,9,13H2,2-4H3. The zero-order chi connectivity index (χ0) is 17.5.